The molecule has 2 N–H and O–H groups in total. The summed E-state index contributed by atoms with van der Waals surface area (Å²) in [6.07, 6.45) is 0.411. The molecule has 0 fully saturated rings. The van der Waals surface area contributed by atoms with Crippen molar-refractivity contribution in [2.45, 2.75) is 12.8 Å². The molecule has 0 saturated carbocycles. The zero-order valence-corrected chi connectivity index (χ0v) is 8.58. The van der Waals surface area contributed by atoms with E-state index in [4.69, 9.17) is 21.1 Å². The maximum Gasteiger partial charge on any atom is 0.303 e. The Morgan fingerprint density at radius 1 is 1.47 bits per heavy atom. The molecule has 0 aliphatic heterocycles. The van der Waals surface area contributed by atoms with Gasteiger partial charge in [0, 0.05) is 13.0 Å². The molecule has 0 bridgehead atoms. The maximum atomic E-state index is 11.3. The number of carbonyl (C=O) groups excluding carboxylic acids is 1. The summed E-state index contributed by atoms with van der Waals surface area (Å²) in [6.45, 7) is 0.295. The molecule has 0 aliphatic rings. The third-order valence-electron chi connectivity index (χ3n) is 1.65. The predicted octanol–water partition coefficient (Wildman–Crippen LogP) is 1.53. The van der Waals surface area contributed by atoms with E-state index in [1.165, 1.54) is 12.1 Å². The Morgan fingerprint density at radius 3 is 2.73 bits per heavy atom. The monoisotopic (exact) mass is 231 g/mol. The molecule has 0 aromatic carbocycles. The van der Waals surface area contributed by atoms with Crippen molar-refractivity contribution in [2.24, 2.45) is 0 Å². The zero-order valence-electron chi connectivity index (χ0n) is 7.83. The van der Waals surface area contributed by atoms with Gasteiger partial charge >= 0.3 is 5.97 Å². The molecule has 0 unspecified atom stereocenters. The van der Waals surface area contributed by atoms with Crippen LogP contribution in [0.3, 0.4) is 0 Å². The molecule has 0 aliphatic carbocycles. The number of nitrogens with one attached hydrogen (secondary N) is 1. The number of rotatable bonds is 5. The highest BCUT2D eigenvalue weighted by Crippen LogP contribution is 2.12. The van der Waals surface area contributed by atoms with Crippen LogP contribution in [0.1, 0.15) is 23.4 Å². The van der Waals surface area contributed by atoms with E-state index in [1.54, 1.807) is 0 Å². The van der Waals surface area contributed by atoms with Gasteiger partial charge in [0.1, 0.15) is 0 Å². The van der Waals surface area contributed by atoms with E-state index in [-0.39, 0.29) is 17.4 Å². The van der Waals surface area contributed by atoms with E-state index in [1.807, 2.05) is 0 Å². The van der Waals surface area contributed by atoms with Gasteiger partial charge in [-0.25, -0.2) is 0 Å². The van der Waals surface area contributed by atoms with E-state index in [2.05, 4.69) is 5.32 Å². The number of carboxylic acid groups (broad SMARTS) is 1. The van der Waals surface area contributed by atoms with Gasteiger partial charge in [-0.05, 0) is 30.2 Å². The number of furan rings is 1. The highest BCUT2D eigenvalue weighted by molar-refractivity contribution is 6.29. The van der Waals surface area contributed by atoms with Gasteiger partial charge in [-0.1, -0.05) is 0 Å². The quantitative estimate of drug-likeness (QED) is 0.753. The smallest absolute Gasteiger partial charge is 0.303 e. The summed E-state index contributed by atoms with van der Waals surface area (Å²) in [7, 11) is 0. The molecule has 0 radical (unpaired) electrons. The van der Waals surface area contributed by atoms with Gasteiger partial charge in [0.2, 0.25) is 0 Å². The van der Waals surface area contributed by atoms with Gasteiger partial charge < -0.3 is 14.8 Å². The van der Waals surface area contributed by atoms with E-state index in [0.717, 1.165) is 0 Å². The van der Waals surface area contributed by atoms with Crippen LogP contribution < -0.4 is 5.32 Å². The first-order valence-electron chi connectivity index (χ1n) is 4.35. The van der Waals surface area contributed by atoms with E-state index in [9.17, 15) is 9.59 Å². The Labute approximate surface area is 91.0 Å². The minimum Gasteiger partial charge on any atom is -0.481 e. The predicted molar refractivity (Wildman–Crippen MR) is 52.9 cm³/mol. The maximum absolute atomic E-state index is 11.3. The minimum atomic E-state index is -0.884. The zero-order chi connectivity index (χ0) is 11.3. The summed E-state index contributed by atoms with van der Waals surface area (Å²) >= 11 is 5.48. The van der Waals surface area contributed by atoms with Crippen LogP contribution in [0.4, 0.5) is 0 Å². The van der Waals surface area contributed by atoms with Crippen molar-refractivity contribution in [3.8, 4) is 0 Å². The number of amides is 1. The second-order valence-electron chi connectivity index (χ2n) is 2.86. The third-order valence-corrected chi connectivity index (χ3v) is 1.85. The van der Waals surface area contributed by atoms with Crippen LogP contribution >= 0.6 is 11.6 Å². The lowest BCUT2D eigenvalue weighted by Gasteiger charge is -2.00. The lowest BCUT2D eigenvalue weighted by Crippen LogP contribution is -2.24. The SMILES string of the molecule is O=C(O)CCCNC(=O)c1ccc(Cl)o1. The lowest BCUT2D eigenvalue weighted by molar-refractivity contribution is -0.137. The van der Waals surface area contributed by atoms with Crippen molar-refractivity contribution in [2.75, 3.05) is 6.54 Å². The Hall–Kier alpha value is -1.49. The number of carboxylic acids is 1. The number of carbonyl (C=O) groups is 2. The Morgan fingerprint density at radius 2 is 2.20 bits per heavy atom. The van der Waals surface area contributed by atoms with Crippen molar-refractivity contribution in [3.05, 3.63) is 23.1 Å². The summed E-state index contributed by atoms with van der Waals surface area (Å²) in [5.41, 5.74) is 0. The summed E-state index contributed by atoms with van der Waals surface area (Å²) in [4.78, 5) is 21.5. The second kappa shape index (κ2) is 5.41. The van der Waals surface area contributed by atoms with Gasteiger partial charge in [0.25, 0.3) is 5.91 Å². The van der Waals surface area contributed by atoms with Crippen LogP contribution in [-0.4, -0.2) is 23.5 Å². The molecule has 5 nitrogen and oxygen atoms in total. The van der Waals surface area contributed by atoms with Crippen molar-refractivity contribution in [3.63, 3.8) is 0 Å². The van der Waals surface area contributed by atoms with Crippen molar-refractivity contribution < 1.29 is 19.1 Å². The van der Waals surface area contributed by atoms with Gasteiger partial charge in [0.15, 0.2) is 11.0 Å². The van der Waals surface area contributed by atoms with Crippen LogP contribution in [-0.2, 0) is 4.79 Å². The van der Waals surface area contributed by atoms with Crippen LogP contribution in [0, 0.1) is 0 Å². The first kappa shape index (κ1) is 11.6. The highest BCUT2D eigenvalue weighted by atomic mass is 35.5. The fourth-order valence-electron chi connectivity index (χ4n) is 0.965. The van der Waals surface area contributed by atoms with E-state index in [0.29, 0.717) is 13.0 Å². The summed E-state index contributed by atoms with van der Waals surface area (Å²) in [5.74, 6) is -1.16. The average Bonchev–Trinajstić information content (AvgIpc) is 2.59. The van der Waals surface area contributed by atoms with Gasteiger partial charge in [-0.15, -0.1) is 0 Å². The third kappa shape index (κ3) is 4.03. The molecule has 0 atom stereocenters. The Kier molecular flexibility index (Phi) is 4.17. The standard InChI is InChI=1S/C9H10ClNO4/c10-7-4-3-6(15-7)9(14)11-5-1-2-8(12)13/h3-4H,1-2,5H2,(H,11,14)(H,12,13). The van der Waals surface area contributed by atoms with Crippen LogP contribution in [0.5, 0.6) is 0 Å². The second-order valence-corrected chi connectivity index (χ2v) is 3.23. The molecule has 1 aromatic heterocycles. The highest BCUT2D eigenvalue weighted by Gasteiger charge is 2.09. The van der Waals surface area contributed by atoms with Crippen molar-refractivity contribution in [1.29, 1.82) is 0 Å². The van der Waals surface area contributed by atoms with Crippen LogP contribution in [0.2, 0.25) is 5.22 Å². The first-order chi connectivity index (χ1) is 7.09. The molecule has 0 spiro atoms. The van der Waals surface area contributed by atoms with Gasteiger partial charge in [-0.3, -0.25) is 9.59 Å². The lowest BCUT2D eigenvalue weighted by atomic mass is 10.3. The number of halogens is 1. The molecular weight excluding hydrogens is 222 g/mol. The number of aliphatic carboxylic acids is 1. The van der Waals surface area contributed by atoms with Gasteiger partial charge in [0.05, 0.1) is 0 Å². The van der Waals surface area contributed by atoms with E-state index >= 15 is 0 Å². The average molecular weight is 232 g/mol. The molecule has 0 saturated heterocycles. The van der Waals surface area contributed by atoms with E-state index < -0.39 is 11.9 Å². The van der Waals surface area contributed by atoms with Crippen molar-refractivity contribution in [1.82, 2.24) is 5.32 Å². The normalized spacial score (nSPS) is 9.93. The number of hydrogen-bond donors (Lipinski definition) is 2. The Balaban J connectivity index is 2.28. The summed E-state index contributed by atoms with van der Waals surface area (Å²) < 4.78 is 4.86. The van der Waals surface area contributed by atoms with Gasteiger partial charge in [-0.2, -0.15) is 0 Å². The van der Waals surface area contributed by atoms with Crippen molar-refractivity contribution >= 4 is 23.5 Å². The first-order valence-corrected chi connectivity index (χ1v) is 4.72. The molecular formula is C9H10ClNO4. The summed E-state index contributed by atoms with van der Waals surface area (Å²) in [6, 6.07) is 2.92. The molecule has 1 amide bonds. The molecule has 1 heterocycles. The number of hydrogen-bond acceptors (Lipinski definition) is 3. The fraction of sp³-hybridized carbons (Fsp3) is 0.333. The Bertz CT molecular complexity index is 361. The summed E-state index contributed by atoms with van der Waals surface area (Å²) in [5, 5.41) is 11.0. The molecule has 82 valence electrons. The minimum absolute atomic E-state index is 0.0270. The molecule has 1 rings (SSSR count). The van der Waals surface area contributed by atoms with Crippen LogP contribution in [0.15, 0.2) is 16.5 Å². The van der Waals surface area contributed by atoms with Crippen LogP contribution in [0.25, 0.3) is 0 Å². The molecule has 1 aromatic rings. The molecule has 6 heteroatoms. The topological polar surface area (TPSA) is 79.5 Å². The molecule has 15 heavy (non-hydrogen) atoms. The largest absolute Gasteiger partial charge is 0.481 e. The fourth-order valence-corrected chi connectivity index (χ4v) is 1.11.